The van der Waals surface area contributed by atoms with Crippen molar-refractivity contribution >= 4 is 40.7 Å². The number of likely N-dealkylation sites (N-methyl/N-ethyl adjacent to an activating group) is 1. The number of nitriles is 1. The number of anilines is 1. The van der Waals surface area contributed by atoms with E-state index < -0.39 is 5.91 Å². The number of halogens is 2. The number of benzene rings is 2. The van der Waals surface area contributed by atoms with Crippen molar-refractivity contribution in [2.24, 2.45) is 0 Å². The minimum absolute atomic E-state index is 0.158. The van der Waals surface area contributed by atoms with Gasteiger partial charge < -0.3 is 15.0 Å². The summed E-state index contributed by atoms with van der Waals surface area (Å²) in [7, 11) is 1.48. The summed E-state index contributed by atoms with van der Waals surface area (Å²) < 4.78 is 5.35. The van der Waals surface area contributed by atoms with E-state index in [4.69, 9.17) is 33.2 Å². The average molecular weight is 392 g/mol. The van der Waals surface area contributed by atoms with Gasteiger partial charge in [-0.05, 0) is 30.3 Å². The lowest BCUT2D eigenvalue weighted by molar-refractivity contribution is -0.135. The molecule has 0 saturated heterocycles. The van der Waals surface area contributed by atoms with Crippen LogP contribution < -0.4 is 10.1 Å². The van der Waals surface area contributed by atoms with Crippen molar-refractivity contribution < 1.29 is 14.3 Å². The topological polar surface area (TPSA) is 82.4 Å². The molecule has 0 unspecified atom stereocenters. The van der Waals surface area contributed by atoms with E-state index >= 15 is 0 Å². The molecule has 0 radical (unpaired) electrons. The maximum absolute atomic E-state index is 12.1. The Balaban J connectivity index is 1.86. The summed E-state index contributed by atoms with van der Waals surface area (Å²) in [5.74, 6) is -0.502. The van der Waals surface area contributed by atoms with E-state index in [9.17, 15) is 9.59 Å². The number of amides is 2. The van der Waals surface area contributed by atoms with Crippen LogP contribution in [0.5, 0.6) is 5.75 Å². The van der Waals surface area contributed by atoms with Crippen molar-refractivity contribution in [2.45, 2.75) is 0 Å². The number of hydrogen-bond donors (Lipinski definition) is 1. The summed E-state index contributed by atoms with van der Waals surface area (Å²) >= 11 is 12.0. The number of carbonyl (C=O) groups is 2. The van der Waals surface area contributed by atoms with Crippen LogP contribution in [-0.2, 0) is 9.59 Å². The molecule has 2 amide bonds. The van der Waals surface area contributed by atoms with Gasteiger partial charge >= 0.3 is 0 Å². The smallest absolute Gasteiger partial charge is 0.260 e. The zero-order chi connectivity index (χ0) is 19.1. The van der Waals surface area contributed by atoms with E-state index in [1.165, 1.54) is 30.1 Å². The van der Waals surface area contributed by atoms with Gasteiger partial charge in [0.2, 0.25) is 5.91 Å². The molecule has 0 saturated carbocycles. The first-order chi connectivity index (χ1) is 12.4. The summed E-state index contributed by atoms with van der Waals surface area (Å²) in [6.07, 6.45) is 0. The highest BCUT2D eigenvalue weighted by Crippen LogP contribution is 2.25. The molecule has 0 aliphatic heterocycles. The van der Waals surface area contributed by atoms with E-state index in [2.05, 4.69) is 5.32 Å². The highest BCUT2D eigenvalue weighted by Gasteiger charge is 2.15. The van der Waals surface area contributed by atoms with Gasteiger partial charge in [0, 0.05) is 7.05 Å². The number of hydrogen-bond acceptors (Lipinski definition) is 4. The summed E-state index contributed by atoms with van der Waals surface area (Å²) in [5, 5.41) is 12.1. The number of nitrogens with one attached hydrogen (secondary N) is 1. The third-order valence-electron chi connectivity index (χ3n) is 3.37. The molecule has 1 N–H and O–H groups in total. The van der Waals surface area contributed by atoms with Gasteiger partial charge in [-0.1, -0.05) is 35.3 Å². The molecule has 134 valence electrons. The highest BCUT2D eigenvalue weighted by atomic mass is 35.5. The first-order valence-electron chi connectivity index (χ1n) is 7.51. The summed E-state index contributed by atoms with van der Waals surface area (Å²) in [6.45, 7) is -0.448. The van der Waals surface area contributed by atoms with Crippen LogP contribution in [-0.4, -0.2) is 36.9 Å². The maximum Gasteiger partial charge on any atom is 0.260 e. The van der Waals surface area contributed by atoms with Crippen molar-refractivity contribution in [1.29, 1.82) is 5.26 Å². The molecule has 2 aromatic carbocycles. The van der Waals surface area contributed by atoms with Crippen LogP contribution in [0.4, 0.5) is 5.69 Å². The quantitative estimate of drug-likeness (QED) is 0.818. The third kappa shape index (κ3) is 5.38. The van der Waals surface area contributed by atoms with Gasteiger partial charge in [-0.3, -0.25) is 9.59 Å². The zero-order valence-corrected chi connectivity index (χ0v) is 15.3. The molecule has 2 rings (SSSR count). The van der Waals surface area contributed by atoms with E-state index in [0.717, 1.165) is 0 Å². The number of carbonyl (C=O) groups excluding carboxylic acids is 2. The van der Waals surface area contributed by atoms with Crippen LogP contribution in [0.25, 0.3) is 0 Å². The number of para-hydroxylation sites is 1. The van der Waals surface area contributed by atoms with Crippen molar-refractivity contribution in [3.8, 4) is 11.8 Å². The second-order valence-corrected chi connectivity index (χ2v) is 6.14. The molecule has 2 aromatic rings. The van der Waals surface area contributed by atoms with Crippen LogP contribution in [0.1, 0.15) is 5.56 Å². The molecule has 26 heavy (non-hydrogen) atoms. The molecular weight excluding hydrogens is 377 g/mol. The molecule has 6 nitrogen and oxygen atoms in total. The van der Waals surface area contributed by atoms with Crippen LogP contribution in [0.3, 0.4) is 0 Å². The van der Waals surface area contributed by atoms with Gasteiger partial charge in [-0.2, -0.15) is 5.26 Å². The van der Waals surface area contributed by atoms with E-state index in [1.54, 1.807) is 24.3 Å². The Labute approximate surface area is 160 Å². The molecule has 0 fully saturated rings. The molecular formula is C18H15Cl2N3O3. The van der Waals surface area contributed by atoms with Crippen LogP contribution in [0.2, 0.25) is 10.0 Å². The standard InChI is InChI=1S/C18H15Cl2N3O3/c1-23(10-17(24)22-15-5-3-2-4-13(15)19)18(25)11-26-16-7-6-12(9-21)8-14(16)20/h2-8H,10-11H2,1H3,(H,22,24). The van der Waals surface area contributed by atoms with Crippen molar-refractivity contribution in [1.82, 2.24) is 4.90 Å². The van der Waals surface area contributed by atoms with Gasteiger partial charge in [0.05, 0.1) is 33.9 Å². The normalized spacial score (nSPS) is 9.92. The first-order valence-corrected chi connectivity index (χ1v) is 8.27. The van der Waals surface area contributed by atoms with Crippen molar-refractivity contribution in [3.63, 3.8) is 0 Å². The lowest BCUT2D eigenvalue weighted by atomic mass is 10.2. The molecule has 8 heteroatoms. The predicted octanol–water partition coefficient (Wildman–Crippen LogP) is 3.34. The van der Waals surface area contributed by atoms with Gasteiger partial charge in [-0.25, -0.2) is 0 Å². The summed E-state index contributed by atoms with van der Waals surface area (Å²) in [5.41, 5.74) is 0.864. The molecule has 0 heterocycles. The maximum atomic E-state index is 12.1. The van der Waals surface area contributed by atoms with Gasteiger partial charge in [-0.15, -0.1) is 0 Å². The molecule has 0 bridgehead atoms. The second kappa shape index (κ2) is 9.09. The minimum atomic E-state index is -0.403. The minimum Gasteiger partial charge on any atom is -0.482 e. The Hall–Kier alpha value is -2.75. The highest BCUT2D eigenvalue weighted by molar-refractivity contribution is 6.33. The molecule has 0 aliphatic carbocycles. The van der Waals surface area contributed by atoms with Crippen LogP contribution >= 0.6 is 23.2 Å². The molecule has 0 aliphatic rings. The van der Waals surface area contributed by atoms with Gasteiger partial charge in [0.25, 0.3) is 5.91 Å². The van der Waals surface area contributed by atoms with E-state index in [-0.39, 0.29) is 29.8 Å². The van der Waals surface area contributed by atoms with E-state index in [0.29, 0.717) is 16.3 Å². The largest absolute Gasteiger partial charge is 0.482 e. The summed E-state index contributed by atoms with van der Waals surface area (Å²) in [6, 6.07) is 13.3. The lowest BCUT2D eigenvalue weighted by Crippen LogP contribution is -2.37. The molecule has 0 atom stereocenters. The Morgan fingerprint density at radius 2 is 1.92 bits per heavy atom. The van der Waals surface area contributed by atoms with Gasteiger partial charge in [0.15, 0.2) is 6.61 Å². The Kier molecular flexibility index (Phi) is 6.84. The Morgan fingerprint density at radius 1 is 1.19 bits per heavy atom. The average Bonchev–Trinajstić information content (AvgIpc) is 2.62. The van der Waals surface area contributed by atoms with Crippen LogP contribution in [0, 0.1) is 11.3 Å². The Bertz CT molecular complexity index is 865. The lowest BCUT2D eigenvalue weighted by Gasteiger charge is -2.17. The first kappa shape index (κ1) is 19.6. The van der Waals surface area contributed by atoms with Crippen molar-refractivity contribution in [3.05, 3.63) is 58.1 Å². The Morgan fingerprint density at radius 3 is 2.58 bits per heavy atom. The summed E-state index contributed by atoms with van der Waals surface area (Å²) in [4.78, 5) is 25.4. The fourth-order valence-electron chi connectivity index (χ4n) is 1.99. The fraction of sp³-hybridized carbons (Fsp3) is 0.167. The monoisotopic (exact) mass is 391 g/mol. The third-order valence-corrected chi connectivity index (χ3v) is 3.99. The zero-order valence-electron chi connectivity index (χ0n) is 13.8. The second-order valence-electron chi connectivity index (χ2n) is 5.32. The van der Waals surface area contributed by atoms with Crippen molar-refractivity contribution in [2.75, 3.05) is 25.5 Å². The number of rotatable bonds is 6. The van der Waals surface area contributed by atoms with Gasteiger partial charge in [0.1, 0.15) is 5.75 Å². The predicted molar refractivity (Wildman–Crippen MR) is 99.4 cm³/mol. The van der Waals surface area contributed by atoms with E-state index in [1.807, 2.05) is 6.07 Å². The molecule has 0 aromatic heterocycles. The number of nitrogens with zero attached hydrogens (tertiary/aromatic N) is 2. The SMILES string of the molecule is CN(CC(=O)Nc1ccccc1Cl)C(=O)COc1ccc(C#N)cc1Cl. The molecule has 0 spiro atoms. The van der Waals surface area contributed by atoms with Crippen LogP contribution in [0.15, 0.2) is 42.5 Å². The fourth-order valence-corrected chi connectivity index (χ4v) is 2.41. The number of ether oxygens (including phenoxy) is 1.